The molecule has 0 unspecified atom stereocenters. The molecule has 0 fully saturated rings. The molecule has 0 aromatic heterocycles. The van der Waals surface area contributed by atoms with E-state index in [0.717, 1.165) is 6.42 Å². The predicted molar refractivity (Wildman–Crippen MR) is 39.5 cm³/mol. The van der Waals surface area contributed by atoms with Crippen molar-refractivity contribution in [2.45, 2.75) is 13.3 Å². The fourth-order valence-corrected chi connectivity index (χ4v) is 0.577. The highest BCUT2D eigenvalue weighted by molar-refractivity contribution is 5.64. The minimum Gasteiger partial charge on any atom is -0.449 e. The number of ether oxygens (including phenoxy) is 1. The highest BCUT2D eigenvalue weighted by atomic mass is 16.5. The normalized spacial score (nSPS) is 12.1. The zero-order valence-electron chi connectivity index (χ0n) is 6.17. The highest BCUT2D eigenvalue weighted by Gasteiger charge is 2.00. The lowest BCUT2D eigenvalue weighted by molar-refractivity contribution is 0.140. The summed E-state index contributed by atoms with van der Waals surface area (Å²) in [5, 5.41) is 0. The molecule has 0 rings (SSSR count). The topological polar surface area (TPSA) is 52.3 Å². The fraction of sp³-hybridized carbons (Fsp3) is 0.571. The zero-order chi connectivity index (χ0) is 7.98. The van der Waals surface area contributed by atoms with Crippen molar-refractivity contribution in [3.8, 4) is 0 Å². The largest absolute Gasteiger partial charge is 0.449 e. The van der Waals surface area contributed by atoms with Crippen molar-refractivity contribution in [3.05, 3.63) is 12.7 Å². The molecule has 58 valence electrons. The molecule has 3 nitrogen and oxygen atoms in total. The second-order valence-electron chi connectivity index (χ2n) is 2.26. The van der Waals surface area contributed by atoms with Crippen LogP contribution < -0.4 is 5.73 Å². The summed E-state index contributed by atoms with van der Waals surface area (Å²) >= 11 is 0. The van der Waals surface area contributed by atoms with E-state index in [1.54, 1.807) is 6.08 Å². The van der Waals surface area contributed by atoms with Crippen molar-refractivity contribution < 1.29 is 9.53 Å². The van der Waals surface area contributed by atoms with Gasteiger partial charge in [0.15, 0.2) is 0 Å². The quantitative estimate of drug-likeness (QED) is 0.603. The minimum absolute atomic E-state index is 0.310. The van der Waals surface area contributed by atoms with E-state index in [1.807, 2.05) is 6.92 Å². The summed E-state index contributed by atoms with van der Waals surface area (Å²) < 4.78 is 4.55. The Morgan fingerprint density at radius 2 is 2.50 bits per heavy atom. The Morgan fingerprint density at radius 3 is 2.90 bits per heavy atom. The maximum Gasteiger partial charge on any atom is 0.404 e. The maximum atomic E-state index is 10.1. The van der Waals surface area contributed by atoms with Gasteiger partial charge in [0.1, 0.15) is 0 Å². The molecule has 0 radical (unpaired) electrons. The molecule has 0 bridgehead atoms. The third kappa shape index (κ3) is 5.15. The van der Waals surface area contributed by atoms with Gasteiger partial charge in [-0.3, -0.25) is 0 Å². The maximum absolute atomic E-state index is 10.1. The second-order valence-corrected chi connectivity index (χ2v) is 2.26. The number of hydrogen-bond acceptors (Lipinski definition) is 2. The van der Waals surface area contributed by atoms with Gasteiger partial charge in [-0.15, -0.1) is 6.58 Å². The van der Waals surface area contributed by atoms with Gasteiger partial charge in [0.05, 0.1) is 6.61 Å². The van der Waals surface area contributed by atoms with Crippen molar-refractivity contribution in [3.63, 3.8) is 0 Å². The van der Waals surface area contributed by atoms with Crippen LogP contribution in [0.2, 0.25) is 0 Å². The first-order chi connectivity index (χ1) is 4.66. The standard InChI is InChI=1S/C7H13NO2/c1-3-4-6(2)5-10-7(8)9/h3,6H,1,4-5H2,2H3,(H2,8,9)/t6-/m0/s1. The van der Waals surface area contributed by atoms with Crippen LogP contribution in [0.3, 0.4) is 0 Å². The zero-order valence-corrected chi connectivity index (χ0v) is 6.17. The lowest BCUT2D eigenvalue weighted by Gasteiger charge is -2.06. The molecular weight excluding hydrogens is 130 g/mol. The molecule has 0 saturated carbocycles. The summed E-state index contributed by atoms with van der Waals surface area (Å²) in [6, 6.07) is 0. The lowest BCUT2D eigenvalue weighted by Crippen LogP contribution is -2.17. The van der Waals surface area contributed by atoms with Gasteiger partial charge in [-0.25, -0.2) is 4.79 Å². The van der Waals surface area contributed by atoms with Crippen LogP contribution in [0.25, 0.3) is 0 Å². The number of carbonyl (C=O) groups excluding carboxylic acids is 1. The van der Waals surface area contributed by atoms with E-state index in [1.165, 1.54) is 0 Å². The summed E-state index contributed by atoms with van der Waals surface area (Å²) in [5.41, 5.74) is 4.75. The van der Waals surface area contributed by atoms with Gasteiger partial charge < -0.3 is 10.5 Å². The first-order valence-electron chi connectivity index (χ1n) is 3.20. The molecule has 0 aliphatic heterocycles. The molecule has 0 aromatic rings. The van der Waals surface area contributed by atoms with Gasteiger partial charge in [-0.2, -0.15) is 0 Å². The number of nitrogens with two attached hydrogens (primary N) is 1. The molecule has 3 heteroatoms. The first-order valence-corrected chi connectivity index (χ1v) is 3.20. The Balaban J connectivity index is 3.29. The number of allylic oxidation sites excluding steroid dienone is 1. The van der Waals surface area contributed by atoms with Gasteiger partial charge in [-0.1, -0.05) is 13.0 Å². The molecule has 1 amide bonds. The average molecular weight is 143 g/mol. The Bertz CT molecular complexity index is 123. The van der Waals surface area contributed by atoms with Crippen LogP contribution in [0.15, 0.2) is 12.7 Å². The van der Waals surface area contributed by atoms with Crippen LogP contribution in [-0.4, -0.2) is 12.7 Å². The van der Waals surface area contributed by atoms with Crippen LogP contribution in [-0.2, 0) is 4.74 Å². The van der Waals surface area contributed by atoms with E-state index < -0.39 is 6.09 Å². The van der Waals surface area contributed by atoms with Gasteiger partial charge in [0.2, 0.25) is 0 Å². The van der Waals surface area contributed by atoms with Crippen LogP contribution in [0.5, 0.6) is 0 Å². The van der Waals surface area contributed by atoms with E-state index in [9.17, 15) is 4.79 Å². The Labute approximate surface area is 60.9 Å². The summed E-state index contributed by atoms with van der Waals surface area (Å²) in [6.07, 6.45) is 1.92. The third-order valence-corrected chi connectivity index (χ3v) is 1.08. The second kappa shape index (κ2) is 4.85. The SMILES string of the molecule is C=CC[C@H](C)COC(N)=O. The fourth-order valence-electron chi connectivity index (χ4n) is 0.577. The van der Waals surface area contributed by atoms with Crippen LogP contribution in [0.1, 0.15) is 13.3 Å². The van der Waals surface area contributed by atoms with Crippen molar-refractivity contribution in [2.75, 3.05) is 6.61 Å². The lowest BCUT2D eigenvalue weighted by atomic mass is 10.1. The molecular formula is C7H13NO2. The Kier molecular flexibility index (Phi) is 4.37. The molecule has 0 spiro atoms. The summed E-state index contributed by atoms with van der Waals surface area (Å²) in [5.74, 6) is 0.310. The van der Waals surface area contributed by atoms with Gasteiger partial charge in [0, 0.05) is 0 Å². The molecule has 2 N–H and O–H groups in total. The highest BCUT2D eigenvalue weighted by Crippen LogP contribution is 2.01. The van der Waals surface area contributed by atoms with E-state index >= 15 is 0 Å². The molecule has 10 heavy (non-hydrogen) atoms. The number of hydrogen-bond donors (Lipinski definition) is 1. The average Bonchev–Trinajstić information content (AvgIpc) is 1.85. The van der Waals surface area contributed by atoms with E-state index in [4.69, 9.17) is 5.73 Å². The third-order valence-electron chi connectivity index (χ3n) is 1.08. The van der Waals surface area contributed by atoms with Crippen molar-refractivity contribution in [1.82, 2.24) is 0 Å². The summed E-state index contributed by atoms with van der Waals surface area (Å²) in [7, 11) is 0. The number of amides is 1. The van der Waals surface area contributed by atoms with E-state index in [-0.39, 0.29) is 0 Å². The number of rotatable bonds is 4. The molecule has 0 heterocycles. The van der Waals surface area contributed by atoms with Crippen molar-refractivity contribution >= 4 is 6.09 Å². The monoisotopic (exact) mass is 143 g/mol. The Hall–Kier alpha value is -0.990. The van der Waals surface area contributed by atoms with E-state index in [2.05, 4.69) is 11.3 Å². The Morgan fingerprint density at radius 1 is 1.90 bits per heavy atom. The van der Waals surface area contributed by atoms with Gasteiger partial charge in [0.25, 0.3) is 0 Å². The van der Waals surface area contributed by atoms with Crippen LogP contribution >= 0.6 is 0 Å². The number of primary amides is 1. The summed E-state index contributed by atoms with van der Waals surface area (Å²) in [4.78, 5) is 10.1. The van der Waals surface area contributed by atoms with Crippen molar-refractivity contribution in [1.29, 1.82) is 0 Å². The molecule has 1 atom stereocenters. The molecule has 0 saturated heterocycles. The first kappa shape index (κ1) is 9.01. The predicted octanol–water partition coefficient (Wildman–Crippen LogP) is 1.29. The van der Waals surface area contributed by atoms with Crippen molar-refractivity contribution in [2.24, 2.45) is 11.7 Å². The summed E-state index contributed by atoms with van der Waals surface area (Å²) in [6.45, 7) is 5.90. The van der Waals surface area contributed by atoms with Crippen LogP contribution in [0.4, 0.5) is 4.79 Å². The smallest absolute Gasteiger partial charge is 0.404 e. The van der Waals surface area contributed by atoms with Gasteiger partial charge >= 0.3 is 6.09 Å². The molecule has 0 aliphatic carbocycles. The van der Waals surface area contributed by atoms with Gasteiger partial charge in [-0.05, 0) is 12.3 Å². The molecule has 0 aromatic carbocycles. The van der Waals surface area contributed by atoms with E-state index in [0.29, 0.717) is 12.5 Å². The molecule has 0 aliphatic rings. The minimum atomic E-state index is -0.712. The number of carbonyl (C=O) groups is 1. The van der Waals surface area contributed by atoms with Crippen LogP contribution in [0, 0.1) is 5.92 Å².